The highest BCUT2D eigenvalue weighted by atomic mass is 32.2. The molecule has 0 radical (unpaired) electrons. The second-order valence-electron chi connectivity index (χ2n) is 6.04. The van der Waals surface area contributed by atoms with E-state index in [1.807, 2.05) is 32.0 Å². The van der Waals surface area contributed by atoms with Gasteiger partial charge in [0.2, 0.25) is 0 Å². The minimum Gasteiger partial charge on any atom is -0.383 e. The zero-order valence-electron chi connectivity index (χ0n) is 14.3. The Labute approximate surface area is 147 Å². The Kier molecular flexibility index (Phi) is 4.30. The molecule has 0 atom stereocenters. The molecule has 6 heteroatoms. The summed E-state index contributed by atoms with van der Waals surface area (Å²) in [5.41, 5.74) is 11.4. The molecular formula is C19H19N3O2S. The van der Waals surface area contributed by atoms with E-state index < -0.39 is 9.84 Å². The summed E-state index contributed by atoms with van der Waals surface area (Å²) in [6.45, 7) is 3.88. The predicted octanol–water partition coefficient (Wildman–Crippen LogP) is 3.41. The number of rotatable bonds is 3. The van der Waals surface area contributed by atoms with Crippen LogP contribution in [0.25, 0.3) is 22.3 Å². The SMILES string of the molecule is Cc1ccc(-c2cc(-c3ccc(S(C)(=O)=O)cc3)cnc2N)c(C)n1. The standard InChI is InChI=1S/C19H19N3O2S/c1-12-4-9-17(13(2)22-12)18-10-15(11-21-19(18)20)14-5-7-16(8-6-14)25(3,23)24/h4-11H,1-3H3,(H2,20,21). The number of nitrogen functional groups attached to an aromatic ring is 1. The first-order chi connectivity index (χ1) is 11.8. The van der Waals surface area contributed by atoms with Crippen molar-refractivity contribution in [3.63, 3.8) is 0 Å². The van der Waals surface area contributed by atoms with Crippen molar-refractivity contribution in [2.24, 2.45) is 0 Å². The largest absolute Gasteiger partial charge is 0.383 e. The van der Waals surface area contributed by atoms with Crippen molar-refractivity contribution in [2.45, 2.75) is 18.7 Å². The van der Waals surface area contributed by atoms with Gasteiger partial charge in [-0.1, -0.05) is 18.2 Å². The number of anilines is 1. The van der Waals surface area contributed by atoms with Crippen molar-refractivity contribution >= 4 is 15.7 Å². The van der Waals surface area contributed by atoms with E-state index in [0.29, 0.717) is 10.7 Å². The minimum absolute atomic E-state index is 0.290. The van der Waals surface area contributed by atoms with Gasteiger partial charge in [-0.3, -0.25) is 4.98 Å². The maximum absolute atomic E-state index is 11.6. The van der Waals surface area contributed by atoms with Gasteiger partial charge in [0.1, 0.15) is 5.82 Å². The van der Waals surface area contributed by atoms with Crippen molar-refractivity contribution in [2.75, 3.05) is 12.0 Å². The lowest BCUT2D eigenvalue weighted by atomic mass is 10.00. The van der Waals surface area contributed by atoms with Crippen LogP contribution in [0.5, 0.6) is 0 Å². The van der Waals surface area contributed by atoms with E-state index in [4.69, 9.17) is 5.73 Å². The Hall–Kier alpha value is -2.73. The molecule has 0 saturated carbocycles. The van der Waals surface area contributed by atoms with Gasteiger partial charge in [0, 0.05) is 40.5 Å². The van der Waals surface area contributed by atoms with E-state index >= 15 is 0 Å². The monoisotopic (exact) mass is 353 g/mol. The number of nitrogens with two attached hydrogens (primary N) is 1. The van der Waals surface area contributed by atoms with Crippen LogP contribution in [0, 0.1) is 13.8 Å². The van der Waals surface area contributed by atoms with Crippen LogP contribution in [0.1, 0.15) is 11.4 Å². The summed E-state index contributed by atoms with van der Waals surface area (Å²) in [4.78, 5) is 9.07. The molecular weight excluding hydrogens is 334 g/mol. The van der Waals surface area contributed by atoms with Crippen molar-refractivity contribution in [1.29, 1.82) is 0 Å². The molecule has 3 aromatic rings. The first-order valence-corrected chi connectivity index (χ1v) is 9.65. The lowest BCUT2D eigenvalue weighted by molar-refractivity contribution is 0.602. The fourth-order valence-corrected chi connectivity index (χ4v) is 3.35. The fourth-order valence-electron chi connectivity index (χ4n) is 2.71. The molecule has 0 fully saturated rings. The number of benzene rings is 1. The maximum atomic E-state index is 11.6. The van der Waals surface area contributed by atoms with Crippen LogP contribution in [0.3, 0.4) is 0 Å². The number of nitrogens with zero attached hydrogens (tertiary/aromatic N) is 2. The summed E-state index contributed by atoms with van der Waals surface area (Å²) in [5, 5.41) is 0. The average molecular weight is 353 g/mol. The summed E-state index contributed by atoms with van der Waals surface area (Å²) in [5.74, 6) is 0.435. The van der Waals surface area contributed by atoms with E-state index in [1.54, 1.807) is 30.5 Å². The third kappa shape index (κ3) is 3.53. The van der Waals surface area contributed by atoms with Gasteiger partial charge in [0.15, 0.2) is 9.84 Å². The molecule has 0 aliphatic rings. The van der Waals surface area contributed by atoms with Crippen LogP contribution >= 0.6 is 0 Å². The van der Waals surface area contributed by atoms with Crippen LogP contribution < -0.4 is 5.73 Å². The molecule has 2 aromatic heterocycles. The highest BCUT2D eigenvalue weighted by Crippen LogP contribution is 2.31. The molecule has 0 amide bonds. The van der Waals surface area contributed by atoms with Gasteiger partial charge in [0.25, 0.3) is 0 Å². The molecule has 128 valence electrons. The highest BCUT2D eigenvalue weighted by molar-refractivity contribution is 7.90. The van der Waals surface area contributed by atoms with Crippen LogP contribution in [0.15, 0.2) is 53.6 Å². The molecule has 1 aromatic carbocycles. The smallest absolute Gasteiger partial charge is 0.175 e. The molecule has 2 N–H and O–H groups in total. The lowest BCUT2D eigenvalue weighted by Crippen LogP contribution is -1.98. The van der Waals surface area contributed by atoms with Crippen LogP contribution in [-0.2, 0) is 9.84 Å². The number of hydrogen-bond donors (Lipinski definition) is 1. The van der Waals surface area contributed by atoms with Gasteiger partial charge in [-0.25, -0.2) is 13.4 Å². The Bertz CT molecular complexity index is 1040. The summed E-state index contributed by atoms with van der Waals surface area (Å²) in [7, 11) is -3.21. The van der Waals surface area contributed by atoms with E-state index in [-0.39, 0.29) is 0 Å². The normalized spacial score (nSPS) is 11.5. The summed E-state index contributed by atoms with van der Waals surface area (Å²) < 4.78 is 23.2. The van der Waals surface area contributed by atoms with Gasteiger partial charge in [-0.05, 0) is 43.7 Å². The van der Waals surface area contributed by atoms with E-state index in [9.17, 15) is 8.42 Å². The average Bonchev–Trinajstić information content (AvgIpc) is 2.55. The van der Waals surface area contributed by atoms with E-state index in [1.165, 1.54) is 6.26 Å². The van der Waals surface area contributed by atoms with Crippen LogP contribution in [0.4, 0.5) is 5.82 Å². The quantitative estimate of drug-likeness (QED) is 0.780. The fraction of sp³-hybridized carbons (Fsp3) is 0.158. The summed E-state index contributed by atoms with van der Waals surface area (Å²) >= 11 is 0. The van der Waals surface area contributed by atoms with Crippen LogP contribution in [-0.4, -0.2) is 24.6 Å². The Morgan fingerprint density at radius 2 is 1.60 bits per heavy atom. The van der Waals surface area contributed by atoms with Gasteiger partial charge in [-0.15, -0.1) is 0 Å². The van der Waals surface area contributed by atoms with Gasteiger partial charge in [0.05, 0.1) is 4.90 Å². The van der Waals surface area contributed by atoms with E-state index in [2.05, 4.69) is 9.97 Å². The number of aromatic nitrogens is 2. The first-order valence-electron chi connectivity index (χ1n) is 7.76. The van der Waals surface area contributed by atoms with E-state index in [0.717, 1.165) is 33.6 Å². The highest BCUT2D eigenvalue weighted by Gasteiger charge is 2.11. The zero-order valence-corrected chi connectivity index (χ0v) is 15.1. The third-order valence-electron chi connectivity index (χ3n) is 4.05. The molecule has 0 unspecified atom stereocenters. The molecule has 0 aliphatic carbocycles. The van der Waals surface area contributed by atoms with Gasteiger partial charge in [-0.2, -0.15) is 0 Å². The van der Waals surface area contributed by atoms with Gasteiger partial charge < -0.3 is 5.73 Å². The minimum atomic E-state index is -3.21. The number of hydrogen-bond acceptors (Lipinski definition) is 5. The molecule has 0 spiro atoms. The van der Waals surface area contributed by atoms with Crippen molar-refractivity contribution in [1.82, 2.24) is 9.97 Å². The van der Waals surface area contributed by atoms with Crippen molar-refractivity contribution < 1.29 is 8.42 Å². The second-order valence-corrected chi connectivity index (χ2v) is 8.05. The Balaban J connectivity index is 2.08. The second kappa shape index (κ2) is 6.29. The van der Waals surface area contributed by atoms with Gasteiger partial charge >= 0.3 is 0 Å². The number of pyridine rings is 2. The lowest BCUT2D eigenvalue weighted by Gasteiger charge is -2.11. The van der Waals surface area contributed by atoms with Crippen LogP contribution in [0.2, 0.25) is 0 Å². The molecule has 0 bridgehead atoms. The molecule has 2 heterocycles. The number of sulfone groups is 1. The topological polar surface area (TPSA) is 85.9 Å². The Morgan fingerprint density at radius 3 is 2.20 bits per heavy atom. The molecule has 3 rings (SSSR count). The Morgan fingerprint density at radius 1 is 0.920 bits per heavy atom. The summed E-state index contributed by atoms with van der Waals surface area (Å²) in [6, 6.07) is 12.6. The third-order valence-corrected chi connectivity index (χ3v) is 5.18. The van der Waals surface area contributed by atoms with Crippen molar-refractivity contribution in [3.8, 4) is 22.3 Å². The predicted molar refractivity (Wildman–Crippen MR) is 99.9 cm³/mol. The number of aryl methyl sites for hydroxylation is 2. The molecule has 25 heavy (non-hydrogen) atoms. The van der Waals surface area contributed by atoms with Crippen molar-refractivity contribution in [3.05, 3.63) is 60.0 Å². The zero-order chi connectivity index (χ0) is 18.2. The molecule has 0 saturated heterocycles. The summed E-state index contributed by atoms with van der Waals surface area (Å²) in [6.07, 6.45) is 2.88. The maximum Gasteiger partial charge on any atom is 0.175 e. The molecule has 0 aliphatic heterocycles. The first kappa shape index (κ1) is 17.1. The molecule has 5 nitrogen and oxygen atoms in total.